The average molecular weight is 343 g/mol. The molecule has 1 aromatic carbocycles. The van der Waals surface area contributed by atoms with E-state index in [0.717, 1.165) is 31.4 Å². The molecule has 5 heteroatoms. The molecule has 3 aliphatic rings. The normalized spacial score (nSPS) is 28.5. The largest absolute Gasteiger partial charge is 0.504 e. The van der Waals surface area contributed by atoms with Crippen molar-refractivity contribution < 1.29 is 19.4 Å². The molecule has 0 amide bonds. The highest BCUT2D eigenvalue weighted by atomic mass is 16.5. The van der Waals surface area contributed by atoms with E-state index in [9.17, 15) is 9.90 Å². The van der Waals surface area contributed by atoms with E-state index >= 15 is 0 Å². The minimum Gasteiger partial charge on any atom is -0.504 e. The maximum atomic E-state index is 12.1. The Morgan fingerprint density at radius 1 is 1.24 bits per heavy atom. The summed E-state index contributed by atoms with van der Waals surface area (Å²) in [7, 11) is 5.29. The van der Waals surface area contributed by atoms with Crippen molar-refractivity contribution in [1.82, 2.24) is 4.90 Å². The number of hydrogen-bond donors (Lipinski definition) is 1. The third kappa shape index (κ3) is 2.29. The molecule has 0 saturated heterocycles. The van der Waals surface area contributed by atoms with Crippen LogP contribution in [0.15, 0.2) is 17.9 Å². The third-order valence-corrected chi connectivity index (χ3v) is 6.27. The topological polar surface area (TPSA) is 59.0 Å². The second-order valence-electron chi connectivity index (χ2n) is 7.45. The first-order chi connectivity index (χ1) is 12.0. The molecule has 2 aliphatic carbocycles. The lowest BCUT2D eigenvalue weighted by Gasteiger charge is -2.47. The third-order valence-electron chi connectivity index (χ3n) is 6.27. The van der Waals surface area contributed by atoms with Gasteiger partial charge in [0.15, 0.2) is 23.0 Å². The predicted molar refractivity (Wildman–Crippen MR) is 94.0 cm³/mol. The van der Waals surface area contributed by atoms with Crippen LogP contribution in [0.25, 0.3) is 0 Å². The summed E-state index contributed by atoms with van der Waals surface area (Å²) in [5.41, 5.74) is 3.10. The Hall–Kier alpha value is -2.01. The number of rotatable bonds is 2. The van der Waals surface area contributed by atoms with Gasteiger partial charge in [-0.05, 0) is 56.0 Å². The molecule has 2 atom stereocenters. The molecule has 0 fully saturated rings. The van der Waals surface area contributed by atoms with Crippen molar-refractivity contribution in [2.24, 2.45) is 0 Å². The highest BCUT2D eigenvalue weighted by molar-refractivity contribution is 5.95. The van der Waals surface area contributed by atoms with Crippen LogP contribution in [0.4, 0.5) is 0 Å². The van der Waals surface area contributed by atoms with Gasteiger partial charge in [0, 0.05) is 30.0 Å². The molecule has 25 heavy (non-hydrogen) atoms. The summed E-state index contributed by atoms with van der Waals surface area (Å²) in [5.74, 6) is 1.22. The van der Waals surface area contributed by atoms with Crippen LogP contribution in [0.5, 0.6) is 11.5 Å². The van der Waals surface area contributed by atoms with Crippen molar-refractivity contribution in [3.63, 3.8) is 0 Å². The van der Waals surface area contributed by atoms with Gasteiger partial charge in [-0.1, -0.05) is 0 Å². The van der Waals surface area contributed by atoms with Gasteiger partial charge in [-0.25, -0.2) is 0 Å². The van der Waals surface area contributed by atoms with Gasteiger partial charge in [-0.3, -0.25) is 9.69 Å². The number of allylic oxidation sites excluding steroid dienone is 2. The first kappa shape index (κ1) is 16.5. The number of phenols is 1. The molecular weight excluding hydrogens is 318 g/mol. The van der Waals surface area contributed by atoms with Gasteiger partial charge < -0.3 is 14.6 Å². The van der Waals surface area contributed by atoms with Crippen LogP contribution in [0.2, 0.25) is 0 Å². The minimum atomic E-state index is -0.351. The molecule has 5 nitrogen and oxygen atoms in total. The molecule has 1 N–H and O–H groups in total. The van der Waals surface area contributed by atoms with Crippen molar-refractivity contribution in [3.05, 3.63) is 34.6 Å². The van der Waals surface area contributed by atoms with Crippen molar-refractivity contribution in [3.8, 4) is 11.5 Å². The summed E-state index contributed by atoms with van der Waals surface area (Å²) in [6, 6.07) is 2.31. The summed E-state index contributed by atoms with van der Waals surface area (Å²) in [5, 5.41) is 11.0. The number of nitrogens with zero attached hydrogens (tertiary/aromatic N) is 1. The van der Waals surface area contributed by atoms with Crippen LogP contribution in [-0.2, 0) is 21.4 Å². The van der Waals surface area contributed by atoms with Gasteiger partial charge in [-0.15, -0.1) is 0 Å². The number of carbonyl (C=O) groups excluding carboxylic acids is 1. The van der Waals surface area contributed by atoms with Crippen LogP contribution in [0, 0.1) is 0 Å². The lowest BCUT2D eigenvalue weighted by atomic mass is 9.61. The van der Waals surface area contributed by atoms with Crippen molar-refractivity contribution in [2.45, 2.75) is 43.6 Å². The number of phenolic OH excluding ortho intramolecular Hbond substituents is 1. The van der Waals surface area contributed by atoms with E-state index in [1.54, 1.807) is 14.2 Å². The summed E-state index contributed by atoms with van der Waals surface area (Å²) >= 11 is 0. The summed E-state index contributed by atoms with van der Waals surface area (Å²) in [6.07, 6.45) is 5.98. The first-order valence-electron chi connectivity index (χ1n) is 8.94. The molecule has 0 aromatic heterocycles. The van der Waals surface area contributed by atoms with Crippen molar-refractivity contribution in [2.75, 3.05) is 27.8 Å². The van der Waals surface area contributed by atoms with E-state index in [1.165, 1.54) is 11.1 Å². The molecular formula is C20H25NO4. The number of carbonyl (C=O) groups is 1. The monoisotopic (exact) mass is 343 g/mol. The Morgan fingerprint density at radius 2 is 2.04 bits per heavy atom. The van der Waals surface area contributed by atoms with Crippen LogP contribution in [0.3, 0.4) is 0 Å². The molecule has 1 heterocycles. The second kappa shape index (κ2) is 5.77. The van der Waals surface area contributed by atoms with Gasteiger partial charge in [0.2, 0.25) is 0 Å². The number of methoxy groups -OCH3 is 2. The van der Waals surface area contributed by atoms with E-state index in [2.05, 4.69) is 11.9 Å². The number of ether oxygens (including phenoxy) is 2. The van der Waals surface area contributed by atoms with E-state index in [0.29, 0.717) is 30.4 Å². The molecule has 134 valence electrons. The fourth-order valence-electron chi connectivity index (χ4n) is 4.95. The van der Waals surface area contributed by atoms with Gasteiger partial charge in [0.25, 0.3) is 0 Å². The molecule has 1 unspecified atom stereocenters. The fourth-order valence-corrected chi connectivity index (χ4v) is 4.95. The Balaban J connectivity index is 1.99. The number of likely N-dealkylation sites (N-methyl/N-ethyl adjacent to an activating group) is 1. The van der Waals surface area contributed by atoms with Gasteiger partial charge in [-0.2, -0.15) is 0 Å². The Labute approximate surface area is 148 Å². The highest BCUT2D eigenvalue weighted by Crippen LogP contribution is 2.56. The van der Waals surface area contributed by atoms with Crippen LogP contribution < -0.4 is 4.74 Å². The summed E-state index contributed by atoms with van der Waals surface area (Å²) in [6.45, 7) is 1.01. The quantitative estimate of drug-likeness (QED) is 0.895. The first-order valence-corrected chi connectivity index (χ1v) is 8.94. The molecule has 1 aromatic rings. The number of Topliss-reactive ketones (excluding diaryl/α,β-unsaturated/α-hetero) is 1. The molecule has 4 rings (SSSR count). The van der Waals surface area contributed by atoms with Gasteiger partial charge in [0.1, 0.15) is 0 Å². The van der Waals surface area contributed by atoms with Crippen LogP contribution in [-0.4, -0.2) is 43.6 Å². The minimum absolute atomic E-state index is 0.0450. The highest BCUT2D eigenvalue weighted by Gasteiger charge is 2.47. The number of aromatic hydroxyl groups is 1. The van der Waals surface area contributed by atoms with Gasteiger partial charge >= 0.3 is 0 Å². The molecule has 0 radical (unpaired) electrons. The number of hydrogen-bond acceptors (Lipinski definition) is 5. The van der Waals surface area contributed by atoms with Crippen LogP contribution >= 0.6 is 0 Å². The molecule has 0 saturated carbocycles. The Bertz CT molecular complexity index is 769. The lowest BCUT2D eigenvalue weighted by Crippen LogP contribution is -2.42. The van der Waals surface area contributed by atoms with E-state index in [4.69, 9.17) is 9.47 Å². The van der Waals surface area contributed by atoms with E-state index in [-0.39, 0.29) is 16.9 Å². The zero-order valence-corrected chi connectivity index (χ0v) is 15.1. The number of fused-ring (bicyclic) bond motifs is 1. The summed E-state index contributed by atoms with van der Waals surface area (Å²) < 4.78 is 10.8. The Kier molecular flexibility index (Phi) is 3.80. The number of ketones is 1. The SMILES string of the molecule is COC1=CC2(CCC1=O)CC[C@H]1c3c(cc(OC)c(O)c32)CCN1C. The maximum absolute atomic E-state index is 12.1. The Morgan fingerprint density at radius 3 is 2.76 bits per heavy atom. The molecule has 1 aliphatic heterocycles. The number of benzene rings is 1. The summed E-state index contributed by atoms with van der Waals surface area (Å²) in [4.78, 5) is 14.5. The standard InChI is InChI=1S/C20H25NO4/c1-21-9-6-12-10-15(24-2)19(23)18-17(12)13(21)4-7-20(18)8-5-14(22)16(11-20)25-3/h10-11,13,23H,4-9H2,1-3H3/t13-,20?/m0/s1. The van der Waals surface area contributed by atoms with Gasteiger partial charge in [0.05, 0.1) is 14.2 Å². The predicted octanol–water partition coefficient (Wildman–Crippen LogP) is 2.85. The zero-order chi connectivity index (χ0) is 17.8. The smallest absolute Gasteiger partial charge is 0.197 e. The maximum Gasteiger partial charge on any atom is 0.197 e. The second-order valence-corrected chi connectivity index (χ2v) is 7.45. The zero-order valence-electron chi connectivity index (χ0n) is 15.1. The lowest BCUT2D eigenvalue weighted by molar-refractivity contribution is -0.119. The molecule has 1 spiro atoms. The average Bonchev–Trinajstić information content (AvgIpc) is 2.62. The van der Waals surface area contributed by atoms with Crippen molar-refractivity contribution in [1.29, 1.82) is 0 Å². The van der Waals surface area contributed by atoms with E-state index < -0.39 is 0 Å². The fraction of sp³-hybridized carbons (Fsp3) is 0.550. The van der Waals surface area contributed by atoms with Crippen molar-refractivity contribution >= 4 is 5.78 Å². The van der Waals surface area contributed by atoms with Crippen LogP contribution in [0.1, 0.15) is 48.4 Å². The molecule has 0 bridgehead atoms. The van der Waals surface area contributed by atoms with E-state index in [1.807, 2.05) is 12.1 Å².